The lowest BCUT2D eigenvalue weighted by Gasteiger charge is -2.19. The molecule has 1 aliphatic rings. The summed E-state index contributed by atoms with van der Waals surface area (Å²) in [6, 6.07) is 5.42. The summed E-state index contributed by atoms with van der Waals surface area (Å²) in [6.45, 7) is 1.42. The van der Waals surface area contributed by atoms with Crippen molar-refractivity contribution >= 4 is 52.6 Å². The summed E-state index contributed by atoms with van der Waals surface area (Å²) < 4.78 is 82.8. The fourth-order valence-electron chi connectivity index (χ4n) is 3.87. The Morgan fingerprint density at radius 3 is 2.15 bits per heavy atom. The van der Waals surface area contributed by atoms with Crippen LogP contribution in [0.25, 0.3) is 6.08 Å². The van der Waals surface area contributed by atoms with Gasteiger partial charge in [0.1, 0.15) is 5.41 Å². The quantitative estimate of drug-likeness (QED) is 0.241. The highest BCUT2D eigenvalue weighted by molar-refractivity contribution is 6.48. The number of allylic oxidation sites excluding steroid dienone is 1. The molecule has 2 atom stereocenters. The highest BCUT2D eigenvalue weighted by Gasteiger charge is 2.50. The topological polar surface area (TPSA) is 70.0 Å². The first-order valence-electron chi connectivity index (χ1n) is 11.3. The Labute approximate surface area is 234 Å². The molecule has 1 unspecified atom stereocenters. The molecule has 0 radical (unpaired) electrons. The second-order valence-electron chi connectivity index (χ2n) is 9.18. The molecule has 39 heavy (non-hydrogen) atoms. The van der Waals surface area contributed by atoms with Gasteiger partial charge in [0.05, 0.1) is 38.2 Å². The molecule has 1 fully saturated rings. The third kappa shape index (κ3) is 7.27. The van der Waals surface area contributed by atoms with Crippen LogP contribution in [0.15, 0.2) is 36.4 Å². The summed E-state index contributed by atoms with van der Waals surface area (Å²) in [5.74, 6) is -3.81. The van der Waals surface area contributed by atoms with Crippen LogP contribution in [0.2, 0.25) is 15.1 Å². The fourth-order valence-corrected chi connectivity index (χ4v) is 4.49. The van der Waals surface area contributed by atoms with Crippen LogP contribution in [0.4, 0.5) is 26.3 Å². The Kier molecular flexibility index (Phi) is 9.00. The summed E-state index contributed by atoms with van der Waals surface area (Å²) in [5, 5.41) is 10.8. The molecule has 13 heteroatoms. The number of nitrogens with one attached hydrogen (secondary N) is 1. The summed E-state index contributed by atoms with van der Waals surface area (Å²) in [5.41, 5.74) is -3.88. The van der Waals surface area contributed by atoms with Gasteiger partial charge in [-0.2, -0.15) is 31.6 Å². The number of alkyl halides is 6. The third-order valence-corrected chi connectivity index (χ3v) is 7.36. The number of benzene rings is 2. The van der Waals surface area contributed by atoms with Crippen molar-refractivity contribution in [3.8, 4) is 6.07 Å². The molecule has 1 N–H and O–H groups in total. The first-order valence-corrected chi connectivity index (χ1v) is 12.5. The van der Waals surface area contributed by atoms with Crippen molar-refractivity contribution < 1.29 is 35.9 Å². The second kappa shape index (κ2) is 11.4. The Balaban J connectivity index is 1.87. The van der Waals surface area contributed by atoms with Crippen LogP contribution >= 0.6 is 34.8 Å². The van der Waals surface area contributed by atoms with Crippen molar-refractivity contribution in [1.29, 1.82) is 5.26 Å². The monoisotopic (exact) mass is 610 g/mol. The van der Waals surface area contributed by atoms with Gasteiger partial charge in [0.2, 0.25) is 0 Å². The maximum atomic E-state index is 13.8. The molecule has 208 valence electrons. The van der Waals surface area contributed by atoms with Gasteiger partial charge >= 0.3 is 12.4 Å². The van der Waals surface area contributed by atoms with Gasteiger partial charge in [-0.15, -0.1) is 0 Å². The van der Waals surface area contributed by atoms with Crippen molar-refractivity contribution in [2.24, 2.45) is 5.41 Å². The summed E-state index contributed by atoms with van der Waals surface area (Å²) in [4.78, 5) is 24.9. The second-order valence-corrected chi connectivity index (χ2v) is 10.4. The number of amides is 1. The van der Waals surface area contributed by atoms with E-state index in [9.17, 15) is 35.9 Å². The maximum Gasteiger partial charge on any atom is 0.417 e. The first kappa shape index (κ1) is 30.8. The van der Waals surface area contributed by atoms with Gasteiger partial charge in [-0.3, -0.25) is 9.59 Å². The molecule has 2 aromatic rings. The van der Waals surface area contributed by atoms with Crippen LogP contribution in [0.1, 0.15) is 59.2 Å². The molecule has 0 bridgehead atoms. The van der Waals surface area contributed by atoms with Gasteiger partial charge < -0.3 is 5.32 Å². The zero-order valence-corrected chi connectivity index (χ0v) is 22.3. The van der Waals surface area contributed by atoms with E-state index in [0.717, 1.165) is 30.3 Å². The number of Topliss-reactive ketones (excluding diaryl/α,β-unsaturated/α-hetero) is 1. The van der Waals surface area contributed by atoms with Crippen molar-refractivity contribution in [3.63, 3.8) is 0 Å². The van der Waals surface area contributed by atoms with Crippen molar-refractivity contribution in [2.45, 2.75) is 50.5 Å². The van der Waals surface area contributed by atoms with Crippen LogP contribution < -0.4 is 5.32 Å². The van der Waals surface area contributed by atoms with Crippen molar-refractivity contribution in [3.05, 3.63) is 73.7 Å². The number of hydrogen-bond acceptors (Lipinski definition) is 3. The number of rotatable bonds is 8. The van der Waals surface area contributed by atoms with Crippen LogP contribution in [-0.4, -0.2) is 23.9 Å². The maximum absolute atomic E-state index is 13.8. The normalized spacial score (nSPS) is 16.4. The fraction of sp³-hybridized carbons (Fsp3) is 0.346. The zero-order valence-electron chi connectivity index (χ0n) is 20.0. The Morgan fingerprint density at radius 2 is 1.67 bits per heavy atom. The predicted molar refractivity (Wildman–Crippen MR) is 135 cm³/mol. The van der Waals surface area contributed by atoms with Crippen molar-refractivity contribution in [1.82, 2.24) is 5.32 Å². The van der Waals surface area contributed by atoms with E-state index in [4.69, 9.17) is 40.1 Å². The van der Waals surface area contributed by atoms with Gasteiger partial charge in [-0.05, 0) is 55.2 Å². The minimum atomic E-state index is -5.02. The Bertz CT molecular complexity index is 1340. The van der Waals surface area contributed by atoms with Gasteiger partial charge in [0.15, 0.2) is 5.78 Å². The largest absolute Gasteiger partial charge is 0.417 e. The highest BCUT2D eigenvalue weighted by atomic mass is 35.5. The van der Waals surface area contributed by atoms with E-state index in [1.807, 2.05) is 6.07 Å². The van der Waals surface area contributed by atoms with E-state index in [-0.39, 0.29) is 32.6 Å². The van der Waals surface area contributed by atoms with Crippen LogP contribution in [0.3, 0.4) is 0 Å². The number of halogens is 9. The molecule has 0 saturated heterocycles. The van der Waals surface area contributed by atoms with E-state index in [0.29, 0.717) is 25.0 Å². The number of hydrogen-bond donors (Lipinski definition) is 1. The molecule has 1 amide bonds. The predicted octanol–water partition coefficient (Wildman–Crippen LogP) is 8.41. The van der Waals surface area contributed by atoms with E-state index in [1.165, 1.54) is 6.92 Å². The molecule has 3 rings (SSSR count). The lowest BCUT2D eigenvalue weighted by atomic mass is 9.95. The average molecular weight is 612 g/mol. The molecule has 0 spiro atoms. The lowest BCUT2D eigenvalue weighted by Crippen LogP contribution is -2.36. The van der Waals surface area contributed by atoms with Crippen LogP contribution in [0.5, 0.6) is 0 Å². The van der Waals surface area contributed by atoms with Crippen molar-refractivity contribution in [2.75, 3.05) is 0 Å². The number of nitriles is 1. The summed E-state index contributed by atoms with van der Waals surface area (Å²) in [7, 11) is 0. The SMILES string of the molecule is C[C@H](CC(=O)C1(C#N)CC1)NC(=O)c1ccc(/C=C/C(c2cc(Cl)c(Cl)c(Cl)c2)C(F)(F)F)cc1C(F)(F)F. The molecule has 1 aliphatic carbocycles. The van der Waals surface area contributed by atoms with Gasteiger partial charge in [0.25, 0.3) is 5.91 Å². The van der Waals surface area contributed by atoms with Crippen LogP contribution in [0, 0.1) is 16.7 Å². The summed E-state index contributed by atoms with van der Waals surface area (Å²) in [6.07, 6.45) is -7.84. The van der Waals surface area contributed by atoms with E-state index < -0.39 is 52.5 Å². The lowest BCUT2D eigenvalue weighted by molar-refractivity contribution is -0.139. The standard InChI is InChI=1S/C26H19Cl3F6N2O2/c1-13(8-21(38)24(12-36)6-7-24)37-23(39)16-4-2-14(9-18(16)26(33,34)35)3-5-17(25(30,31)32)15-10-19(27)22(29)20(28)11-15/h2-5,9-11,13,17H,6-8H2,1H3,(H,37,39)/b5-3+/t13-,17?/m1/s1. The molecular weight excluding hydrogens is 593 g/mol. The molecule has 4 nitrogen and oxygen atoms in total. The first-order chi connectivity index (χ1) is 18.0. The van der Waals surface area contributed by atoms with Crippen LogP contribution in [-0.2, 0) is 11.0 Å². The van der Waals surface area contributed by atoms with E-state index in [1.54, 1.807) is 0 Å². The molecule has 0 heterocycles. The van der Waals surface area contributed by atoms with Gasteiger partial charge in [0, 0.05) is 12.5 Å². The highest BCUT2D eigenvalue weighted by Crippen LogP contribution is 2.46. The smallest absolute Gasteiger partial charge is 0.349 e. The Morgan fingerprint density at radius 1 is 1.08 bits per heavy atom. The number of ketones is 1. The molecule has 1 saturated carbocycles. The van der Waals surface area contributed by atoms with E-state index >= 15 is 0 Å². The van der Waals surface area contributed by atoms with Gasteiger partial charge in [-0.25, -0.2) is 0 Å². The molecule has 2 aromatic carbocycles. The minimum absolute atomic E-state index is 0.147. The summed E-state index contributed by atoms with van der Waals surface area (Å²) >= 11 is 17.5. The third-order valence-electron chi connectivity index (χ3n) is 6.16. The zero-order chi connectivity index (χ0) is 29.3. The number of nitrogens with zero attached hydrogens (tertiary/aromatic N) is 1. The molecule has 0 aliphatic heterocycles. The number of carbonyl (C=O) groups is 2. The Hall–Kier alpha value is -2.74. The molecular formula is C26H19Cl3F6N2O2. The van der Waals surface area contributed by atoms with E-state index in [2.05, 4.69) is 5.32 Å². The molecule has 0 aromatic heterocycles. The average Bonchev–Trinajstić information content (AvgIpc) is 3.62. The van der Waals surface area contributed by atoms with Gasteiger partial charge in [-0.1, -0.05) is 53.0 Å². The minimum Gasteiger partial charge on any atom is -0.349 e. The number of carbonyl (C=O) groups excluding carboxylic acids is 2.